The molecule has 3 aromatic rings. The summed E-state index contributed by atoms with van der Waals surface area (Å²) in [5.74, 6) is 0. The minimum atomic E-state index is -3.80. The molecule has 166 valence electrons. The zero-order valence-electron chi connectivity index (χ0n) is 17.7. The van der Waals surface area contributed by atoms with Crippen LogP contribution >= 0.6 is 11.6 Å². The van der Waals surface area contributed by atoms with Crippen LogP contribution in [0.25, 0.3) is 0 Å². The van der Waals surface area contributed by atoms with Crippen LogP contribution in [0.1, 0.15) is 17.5 Å². The van der Waals surface area contributed by atoms with Crippen molar-refractivity contribution in [3.8, 4) is 0 Å². The molecule has 1 fully saturated rings. The molecular formula is C24H24ClN3O3S. The first-order valence-corrected chi connectivity index (χ1v) is 12.2. The molecule has 0 aliphatic carbocycles. The first kappa shape index (κ1) is 22.2. The summed E-state index contributed by atoms with van der Waals surface area (Å²) in [5.41, 5.74) is 2.73. The van der Waals surface area contributed by atoms with Crippen LogP contribution in [0.3, 0.4) is 0 Å². The Kier molecular flexibility index (Phi) is 6.39. The predicted octanol–water partition coefficient (Wildman–Crippen LogP) is 5.28. The molecule has 1 aliphatic rings. The molecular weight excluding hydrogens is 446 g/mol. The Balaban J connectivity index is 1.59. The van der Waals surface area contributed by atoms with Crippen molar-refractivity contribution in [3.63, 3.8) is 0 Å². The molecule has 1 aliphatic heterocycles. The second kappa shape index (κ2) is 9.22. The lowest BCUT2D eigenvalue weighted by atomic mass is 10.1. The van der Waals surface area contributed by atoms with Gasteiger partial charge in [-0.05, 0) is 49.2 Å². The molecule has 0 radical (unpaired) electrons. The molecule has 8 heteroatoms. The Morgan fingerprint density at radius 2 is 1.62 bits per heavy atom. The maximum absolute atomic E-state index is 13.3. The Morgan fingerprint density at radius 3 is 2.38 bits per heavy atom. The summed E-state index contributed by atoms with van der Waals surface area (Å²) < 4.78 is 28.5. The van der Waals surface area contributed by atoms with E-state index in [2.05, 4.69) is 4.72 Å². The Morgan fingerprint density at radius 1 is 0.938 bits per heavy atom. The van der Waals surface area contributed by atoms with E-state index in [1.807, 2.05) is 25.1 Å². The molecule has 6 nitrogen and oxygen atoms in total. The molecule has 4 rings (SSSR count). The van der Waals surface area contributed by atoms with Crippen LogP contribution in [0.4, 0.5) is 16.2 Å². The molecule has 1 N–H and O–H groups in total. The number of rotatable bonds is 6. The fraction of sp³-hybridized carbons (Fsp3) is 0.208. The zero-order chi connectivity index (χ0) is 22.7. The van der Waals surface area contributed by atoms with Crippen molar-refractivity contribution in [2.75, 3.05) is 22.7 Å². The van der Waals surface area contributed by atoms with Gasteiger partial charge in [-0.25, -0.2) is 13.2 Å². The van der Waals surface area contributed by atoms with E-state index in [1.54, 1.807) is 64.4 Å². The van der Waals surface area contributed by atoms with Crippen LogP contribution in [0, 0.1) is 6.92 Å². The maximum atomic E-state index is 13.3. The van der Waals surface area contributed by atoms with Crippen LogP contribution in [-0.4, -0.2) is 32.4 Å². The van der Waals surface area contributed by atoms with E-state index < -0.39 is 10.0 Å². The highest BCUT2D eigenvalue weighted by molar-refractivity contribution is 7.92. The van der Waals surface area contributed by atoms with Gasteiger partial charge >= 0.3 is 6.03 Å². The summed E-state index contributed by atoms with van der Waals surface area (Å²) in [6.07, 6.45) is 0.759. The first-order valence-electron chi connectivity index (χ1n) is 10.3. The molecule has 0 aromatic heterocycles. The van der Waals surface area contributed by atoms with Crippen LogP contribution in [0.5, 0.6) is 0 Å². The van der Waals surface area contributed by atoms with Gasteiger partial charge in [-0.15, -0.1) is 0 Å². The molecule has 0 bridgehead atoms. The van der Waals surface area contributed by atoms with Gasteiger partial charge in [0.25, 0.3) is 10.0 Å². The molecule has 0 saturated carbocycles. The second-order valence-electron chi connectivity index (χ2n) is 7.74. The van der Waals surface area contributed by atoms with Gasteiger partial charge in [-0.3, -0.25) is 9.62 Å². The number of aryl methyl sites for hydroxylation is 1. The van der Waals surface area contributed by atoms with Crippen molar-refractivity contribution in [2.24, 2.45) is 0 Å². The number of para-hydroxylation sites is 2. The lowest BCUT2D eigenvalue weighted by molar-refractivity contribution is 0.192. The number of hydrogen-bond donors (Lipinski definition) is 1. The number of carbonyl (C=O) groups excluding carboxylic acids is 1. The van der Waals surface area contributed by atoms with Crippen LogP contribution in [0.15, 0.2) is 77.7 Å². The molecule has 0 unspecified atom stereocenters. The summed E-state index contributed by atoms with van der Waals surface area (Å²) in [6.45, 7) is 3.40. The third-order valence-corrected chi connectivity index (χ3v) is 7.15. The monoisotopic (exact) mass is 469 g/mol. The number of urea groups is 1. The number of sulfonamides is 1. The molecule has 1 heterocycles. The van der Waals surface area contributed by atoms with Crippen molar-refractivity contribution >= 4 is 39.0 Å². The molecule has 2 amide bonds. The standard InChI is InChI=1S/C24H24ClN3O3S/c1-18-11-13-20(14-12-18)32(30,31)26-22-9-4-5-10-23(22)28-16-6-15-27(24(28)29)17-19-7-2-3-8-21(19)25/h2-5,7-14,26H,6,15-17H2,1H3. The van der Waals surface area contributed by atoms with Gasteiger partial charge in [0.15, 0.2) is 0 Å². The van der Waals surface area contributed by atoms with Gasteiger partial charge in [0, 0.05) is 24.7 Å². The van der Waals surface area contributed by atoms with E-state index in [9.17, 15) is 13.2 Å². The van der Waals surface area contributed by atoms with Crippen LogP contribution < -0.4 is 9.62 Å². The number of amides is 2. The minimum Gasteiger partial charge on any atom is -0.320 e. The molecule has 0 atom stereocenters. The Hall–Kier alpha value is -3.03. The Bertz CT molecular complexity index is 1230. The number of halogens is 1. The van der Waals surface area contributed by atoms with Crippen molar-refractivity contribution < 1.29 is 13.2 Å². The fourth-order valence-electron chi connectivity index (χ4n) is 3.70. The maximum Gasteiger partial charge on any atom is 0.324 e. The third kappa shape index (κ3) is 4.74. The lowest BCUT2D eigenvalue weighted by Gasteiger charge is -2.36. The SMILES string of the molecule is Cc1ccc(S(=O)(=O)Nc2ccccc2N2CCCN(Cc3ccccc3Cl)C2=O)cc1. The highest BCUT2D eigenvalue weighted by Crippen LogP contribution is 2.31. The smallest absolute Gasteiger partial charge is 0.320 e. The minimum absolute atomic E-state index is 0.170. The average Bonchev–Trinajstić information content (AvgIpc) is 2.77. The largest absolute Gasteiger partial charge is 0.324 e. The topological polar surface area (TPSA) is 69.7 Å². The zero-order valence-corrected chi connectivity index (χ0v) is 19.2. The predicted molar refractivity (Wildman–Crippen MR) is 128 cm³/mol. The average molecular weight is 470 g/mol. The van der Waals surface area contributed by atoms with E-state index in [0.29, 0.717) is 36.0 Å². The number of carbonyl (C=O) groups is 1. The second-order valence-corrected chi connectivity index (χ2v) is 9.83. The molecule has 1 saturated heterocycles. The molecule has 0 spiro atoms. The van der Waals surface area contributed by atoms with Gasteiger partial charge in [0.1, 0.15) is 0 Å². The summed E-state index contributed by atoms with van der Waals surface area (Å²) >= 11 is 6.28. The van der Waals surface area contributed by atoms with Crippen LogP contribution in [0.2, 0.25) is 5.02 Å². The summed E-state index contributed by atoms with van der Waals surface area (Å²) in [5, 5.41) is 0.615. The van der Waals surface area contributed by atoms with Gasteiger partial charge in [-0.1, -0.05) is 59.6 Å². The first-order chi connectivity index (χ1) is 15.3. The number of nitrogens with one attached hydrogen (secondary N) is 1. The van der Waals surface area contributed by atoms with Gasteiger partial charge in [-0.2, -0.15) is 0 Å². The van der Waals surface area contributed by atoms with Gasteiger partial charge in [0.05, 0.1) is 16.3 Å². The van der Waals surface area contributed by atoms with Crippen molar-refractivity contribution in [1.29, 1.82) is 0 Å². The Labute approximate surface area is 193 Å². The van der Waals surface area contributed by atoms with Crippen molar-refractivity contribution in [3.05, 3.63) is 88.9 Å². The van der Waals surface area contributed by atoms with Crippen molar-refractivity contribution in [2.45, 2.75) is 24.8 Å². The van der Waals surface area contributed by atoms with E-state index in [1.165, 1.54) is 0 Å². The van der Waals surface area contributed by atoms with E-state index >= 15 is 0 Å². The number of benzene rings is 3. The summed E-state index contributed by atoms with van der Waals surface area (Å²) in [6, 6.07) is 20.9. The number of anilines is 2. The highest BCUT2D eigenvalue weighted by Gasteiger charge is 2.29. The highest BCUT2D eigenvalue weighted by atomic mass is 35.5. The summed E-state index contributed by atoms with van der Waals surface area (Å²) in [4.78, 5) is 16.8. The quantitative estimate of drug-likeness (QED) is 0.533. The molecule has 3 aromatic carbocycles. The van der Waals surface area contributed by atoms with Gasteiger partial charge < -0.3 is 4.90 Å². The molecule has 32 heavy (non-hydrogen) atoms. The third-order valence-electron chi connectivity index (χ3n) is 5.40. The number of hydrogen-bond acceptors (Lipinski definition) is 3. The number of nitrogens with zero attached hydrogens (tertiary/aromatic N) is 2. The van der Waals surface area contributed by atoms with E-state index in [-0.39, 0.29) is 10.9 Å². The van der Waals surface area contributed by atoms with Crippen LogP contribution in [-0.2, 0) is 16.6 Å². The normalized spacial score (nSPS) is 14.5. The van der Waals surface area contributed by atoms with Crippen molar-refractivity contribution in [1.82, 2.24) is 4.90 Å². The lowest BCUT2D eigenvalue weighted by Crippen LogP contribution is -2.49. The summed E-state index contributed by atoms with van der Waals surface area (Å²) in [7, 11) is -3.80. The fourth-order valence-corrected chi connectivity index (χ4v) is 4.97. The van der Waals surface area contributed by atoms with Gasteiger partial charge in [0.2, 0.25) is 0 Å². The van der Waals surface area contributed by atoms with E-state index in [4.69, 9.17) is 11.6 Å². The van der Waals surface area contributed by atoms with E-state index in [0.717, 1.165) is 17.5 Å².